The molecule has 0 rings (SSSR count). The van der Waals surface area contributed by atoms with Crippen LogP contribution in [0.15, 0.2) is 0 Å². The fourth-order valence-electron chi connectivity index (χ4n) is 0.862. The normalized spacial score (nSPS) is 10.6. The van der Waals surface area contributed by atoms with Gasteiger partial charge in [-0.15, -0.1) is 12.4 Å². The largest absolute Gasteiger partial charge is 0.504 e. The first kappa shape index (κ1) is 20.0. The van der Waals surface area contributed by atoms with Crippen molar-refractivity contribution in [2.24, 2.45) is 5.73 Å². The molecule has 0 aliphatic carbocycles. The van der Waals surface area contributed by atoms with Crippen LogP contribution in [0.25, 0.3) is 0 Å². The average Bonchev–Trinajstić information content (AvgIpc) is 2.24. The zero-order valence-corrected chi connectivity index (χ0v) is 11.3. The first-order valence-electron chi connectivity index (χ1n) is 5.21. The molecule has 0 fully saturated rings. The van der Waals surface area contributed by atoms with E-state index in [2.05, 4.69) is 9.47 Å². The molecule has 0 bridgehead atoms. The predicted molar refractivity (Wildman–Crippen MR) is 62.8 cm³/mol. The van der Waals surface area contributed by atoms with Gasteiger partial charge in [-0.1, -0.05) is 0 Å². The molecule has 0 aromatic carbocycles. The second-order valence-electron chi connectivity index (χ2n) is 3.69. The number of carbonyl (C=O) groups is 3. The van der Waals surface area contributed by atoms with Gasteiger partial charge in [0.2, 0.25) is 0 Å². The topological polar surface area (TPSA) is 95.7 Å². The first-order valence-corrected chi connectivity index (χ1v) is 5.21. The second-order valence-corrected chi connectivity index (χ2v) is 3.69. The molecule has 0 saturated heterocycles. The van der Waals surface area contributed by atoms with E-state index in [0.717, 1.165) is 0 Å². The van der Waals surface area contributed by atoms with Gasteiger partial charge in [-0.05, 0) is 13.8 Å². The van der Waals surface area contributed by atoms with E-state index in [0.29, 0.717) is 0 Å². The number of ketones is 1. The molecule has 0 aromatic heterocycles. The van der Waals surface area contributed by atoms with Gasteiger partial charge >= 0.3 is 18.0 Å². The number of nitrogens with two attached hydrogens (primary N) is 1. The standard InChI is InChI=1S/C10H15F2NO5.ClH/c1-6(2)17-9(16)10(11,12)18-8(15)4-3-7(14)5-13;/h6H,3-5,13H2,1-2H3;1H. The molecule has 0 spiro atoms. The van der Waals surface area contributed by atoms with Crippen LogP contribution in [0.2, 0.25) is 0 Å². The summed E-state index contributed by atoms with van der Waals surface area (Å²) in [5.74, 6) is -3.79. The van der Waals surface area contributed by atoms with Gasteiger partial charge in [-0.3, -0.25) is 9.59 Å². The molecule has 0 saturated carbocycles. The molecule has 0 radical (unpaired) electrons. The van der Waals surface area contributed by atoms with Crippen LogP contribution in [0.5, 0.6) is 0 Å². The van der Waals surface area contributed by atoms with Crippen molar-refractivity contribution in [3.63, 3.8) is 0 Å². The molecule has 0 aliphatic rings. The number of ether oxygens (including phenoxy) is 2. The maximum Gasteiger partial charge on any atom is 0.504 e. The van der Waals surface area contributed by atoms with Crippen molar-refractivity contribution in [1.82, 2.24) is 0 Å². The van der Waals surface area contributed by atoms with Crippen molar-refractivity contribution < 1.29 is 32.6 Å². The van der Waals surface area contributed by atoms with Crippen molar-refractivity contribution in [1.29, 1.82) is 0 Å². The summed E-state index contributed by atoms with van der Waals surface area (Å²) in [5, 5.41) is 0. The number of Topliss-reactive ketones (excluding diaryl/α,β-unsaturated/α-hetero) is 1. The summed E-state index contributed by atoms with van der Waals surface area (Å²) in [5.41, 5.74) is 4.96. The van der Waals surface area contributed by atoms with Gasteiger partial charge in [0, 0.05) is 6.42 Å². The Hall–Kier alpha value is -1.28. The zero-order valence-electron chi connectivity index (χ0n) is 10.5. The van der Waals surface area contributed by atoms with Crippen molar-refractivity contribution in [3.8, 4) is 0 Å². The third-order valence-electron chi connectivity index (χ3n) is 1.66. The van der Waals surface area contributed by atoms with E-state index in [4.69, 9.17) is 5.73 Å². The number of alkyl halides is 2. The van der Waals surface area contributed by atoms with Crippen molar-refractivity contribution in [2.45, 2.75) is 38.9 Å². The molecule has 0 atom stereocenters. The first-order chi connectivity index (χ1) is 8.19. The third-order valence-corrected chi connectivity index (χ3v) is 1.66. The molecule has 0 aliphatic heterocycles. The van der Waals surface area contributed by atoms with Crippen LogP contribution >= 0.6 is 12.4 Å². The number of rotatable bonds is 7. The second kappa shape index (κ2) is 8.76. The highest BCUT2D eigenvalue weighted by atomic mass is 35.5. The lowest BCUT2D eigenvalue weighted by atomic mass is 10.2. The minimum Gasteiger partial charge on any atom is -0.456 e. The number of carbonyl (C=O) groups excluding carboxylic acids is 3. The van der Waals surface area contributed by atoms with E-state index < -0.39 is 36.4 Å². The Morgan fingerprint density at radius 3 is 2.16 bits per heavy atom. The van der Waals surface area contributed by atoms with E-state index >= 15 is 0 Å². The summed E-state index contributed by atoms with van der Waals surface area (Å²) in [7, 11) is 0. The van der Waals surface area contributed by atoms with Crippen LogP contribution in [0.3, 0.4) is 0 Å². The quantitative estimate of drug-likeness (QED) is 0.699. The van der Waals surface area contributed by atoms with Gasteiger partial charge < -0.3 is 15.2 Å². The number of halogens is 3. The lowest BCUT2D eigenvalue weighted by molar-refractivity contribution is -0.246. The van der Waals surface area contributed by atoms with Crippen LogP contribution in [-0.2, 0) is 23.9 Å². The van der Waals surface area contributed by atoms with Gasteiger partial charge in [0.1, 0.15) is 5.78 Å². The Morgan fingerprint density at radius 2 is 1.74 bits per heavy atom. The molecule has 0 unspecified atom stereocenters. The van der Waals surface area contributed by atoms with Crippen molar-refractivity contribution in [2.75, 3.05) is 6.54 Å². The summed E-state index contributed by atoms with van der Waals surface area (Å²) in [6.07, 6.45) is -6.00. The Kier molecular flexibility index (Phi) is 9.24. The monoisotopic (exact) mass is 303 g/mol. The minimum absolute atomic E-state index is 0. The fraction of sp³-hybridized carbons (Fsp3) is 0.700. The lowest BCUT2D eigenvalue weighted by Crippen LogP contribution is -2.37. The van der Waals surface area contributed by atoms with Gasteiger partial charge in [0.05, 0.1) is 19.1 Å². The zero-order chi connectivity index (χ0) is 14.3. The molecular formula is C10H16ClF2NO5. The Balaban J connectivity index is 0. The summed E-state index contributed by atoms with van der Waals surface area (Å²) in [4.78, 5) is 32.6. The maximum absolute atomic E-state index is 13.0. The van der Waals surface area contributed by atoms with Crippen LogP contribution in [0.1, 0.15) is 26.7 Å². The Morgan fingerprint density at radius 1 is 1.21 bits per heavy atom. The molecular weight excluding hydrogens is 288 g/mol. The highest BCUT2D eigenvalue weighted by Gasteiger charge is 2.46. The van der Waals surface area contributed by atoms with Crippen LogP contribution in [0.4, 0.5) is 8.78 Å². The molecule has 6 nitrogen and oxygen atoms in total. The van der Waals surface area contributed by atoms with Gasteiger partial charge in [-0.2, -0.15) is 8.78 Å². The molecule has 9 heteroatoms. The fourth-order valence-corrected chi connectivity index (χ4v) is 0.862. The third kappa shape index (κ3) is 8.44. The molecule has 0 aromatic rings. The van der Waals surface area contributed by atoms with E-state index in [9.17, 15) is 23.2 Å². The predicted octanol–water partition coefficient (Wildman–Crippen LogP) is 0.804. The van der Waals surface area contributed by atoms with E-state index in [1.807, 2.05) is 0 Å². The average molecular weight is 304 g/mol. The lowest BCUT2D eigenvalue weighted by Gasteiger charge is -2.16. The summed E-state index contributed by atoms with van der Waals surface area (Å²) < 4.78 is 33.9. The molecule has 0 amide bonds. The smallest absolute Gasteiger partial charge is 0.456 e. The summed E-state index contributed by atoms with van der Waals surface area (Å²) >= 11 is 0. The Bertz CT molecular complexity index is 336. The SMILES string of the molecule is CC(C)OC(=O)C(F)(F)OC(=O)CCC(=O)CN.Cl. The van der Waals surface area contributed by atoms with E-state index in [-0.39, 0.29) is 25.4 Å². The number of esters is 2. The highest BCUT2D eigenvalue weighted by Crippen LogP contribution is 2.19. The minimum atomic E-state index is -4.35. The number of hydrogen-bond acceptors (Lipinski definition) is 6. The van der Waals surface area contributed by atoms with Crippen LogP contribution < -0.4 is 5.73 Å². The van der Waals surface area contributed by atoms with Gasteiger partial charge in [0.15, 0.2) is 0 Å². The molecule has 112 valence electrons. The summed E-state index contributed by atoms with van der Waals surface area (Å²) in [6, 6.07) is 0. The van der Waals surface area contributed by atoms with E-state index in [1.54, 1.807) is 0 Å². The van der Waals surface area contributed by atoms with Gasteiger partial charge in [-0.25, -0.2) is 4.79 Å². The van der Waals surface area contributed by atoms with Crippen molar-refractivity contribution >= 4 is 30.1 Å². The van der Waals surface area contributed by atoms with Crippen molar-refractivity contribution in [3.05, 3.63) is 0 Å². The molecule has 19 heavy (non-hydrogen) atoms. The number of hydrogen-bond donors (Lipinski definition) is 1. The van der Waals surface area contributed by atoms with Crippen LogP contribution in [-0.4, -0.2) is 36.5 Å². The molecule has 2 N–H and O–H groups in total. The van der Waals surface area contributed by atoms with Crippen LogP contribution in [0, 0.1) is 0 Å². The highest BCUT2D eigenvalue weighted by molar-refractivity contribution is 5.86. The summed E-state index contributed by atoms with van der Waals surface area (Å²) in [6.45, 7) is 2.45. The Labute approximate surface area is 115 Å². The van der Waals surface area contributed by atoms with Gasteiger partial charge in [0.25, 0.3) is 0 Å². The van der Waals surface area contributed by atoms with E-state index in [1.165, 1.54) is 13.8 Å². The maximum atomic E-state index is 13.0. The molecule has 0 heterocycles.